The lowest BCUT2D eigenvalue weighted by molar-refractivity contribution is -0.165. The highest BCUT2D eigenvalue weighted by molar-refractivity contribution is 6.42. The number of aliphatic hydroxyl groups is 1. The molecule has 1 aromatic rings. The number of β-amino-alcohol motifs (C(OH)–C–C–N with tert-alkyl or cyclic N) is 1. The number of hydrogen-bond acceptors (Lipinski definition) is 5. The number of halogens is 2. The van der Waals surface area contributed by atoms with Crippen LogP contribution in [0.1, 0.15) is 55.3 Å². The molecule has 5 aliphatic rings. The van der Waals surface area contributed by atoms with Crippen LogP contribution in [0.5, 0.6) is 0 Å². The second-order valence-corrected chi connectivity index (χ2v) is 11.0. The predicted molar refractivity (Wildman–Crippen MR) is 118 cm³/mol. The molecule has 1 amide bonds. The molecule has 5 fully saturated rings. The minimum atomic E-state index is -0.855. The van der Waals surface area contributed by atoms with Crippen LogP contribution >= 0.6 is 23.2 Å². The fourth-order valence-corrected chi connectivity index (χ4v) is 7.22. The third-order valence-corrected chi connectivity index (χ3v) is 8.63. The molecule has 6 nitrogen and oxygen atoms in total. The minimum Gasteiger partial charge on any atom is -0.456 e. The number of ether oxygens (including phenoxy) is 1. The number of hydrogen-bond donors (Lipinski definition) is 1. The fourth-order valence-electron chi connectivity index (χ4n) is 6.92. The van der Waals surface area contributed by atoms with Crippen LogP contribution in [0.25, 0.3) is 0 Å². The molecule has 172 valence electrons. The Morgan fingerprint density at radius 1 is 1.00 bits per heavy atom. The number of esters is 1. The summed E-state index contributed by atoms with van der Waals surface area (Å²) < 4.78 is 5.29. The lowest BCUT2D eigenvalue weighted by Crippen LogP contribution is -2.56. The van der Waals surface area contributed by atoms with Gasteiger partial charge in [0, 0.05) is 18.5 Å². The Balaban J connectivity index is 1.26. The Bertz CT molecular complexity index is 928. The van der Waals surface area contributed by atoms with Crippen molar-refractivity contribution in [3.63, 3.8) is 0 Å². The normalized spacial score (nSPS) is 35.2. The summed E-state index contributed by atoms with van der Waals surface area (Å²) in [4.78, 5) is 40.5. The van der Waals surface area contributed by atoms with Crippen LogP contribution in [0.4, 0.5) is 0 Å². The molecule has 4 saturated carbocycles. The van der Waals surface area contributed by atoms with Crippen LogP contribution in [-0.4, -0.2) is 53.0 Å². The first kappa shape index (κ1) is 22.2. The van der Waals surface area contributed by atoms with Crippen molar-refractivity contribution in [3.05, 3.63) is 33.8 Å². The van der Waals surface area contributed by atoms with Crippen LogP contribution in [0.2, 0.25) is 10.0 Å². The summed E-state index contributed by atoms with van der Waals surface area (Å²) in [5, 5.41) is 10.8. The van der Waals surface area contributed by atoms with Gasteiger partial charge in [0.1, 0.15) is 6.04 Å². The average molecular weight is 480 g/mol. The van der Waals surface area contributed by atoms with Gasteiger partial charge in [0.15, 0.2) is 12.4 Å². The second kappa shape index (κ2) is 8.30. The number of aliphatic hydroxyl groups excluding tert-OH is 1. The van der Waals surface area contributed by atoms with Crippen LogP contribution in [-0.2, 0) is 14.3 Å². The standard InChI is InChI=1S/C24H27Cl2NO5/c25-18-2-1-16(6-19(18)26)21(29)12-32-22(30)20-7-17(28)11-27(20)23(31)24-8-13-3-14(9-24)5-15(4-13)10-24/h1-2,6,13-15,17,20,28H,3-5,7-12H2/t13?,14?,15?,17?,20-,24?/m0/s1. The van der Waals surface area contributed by atoms with Crippen molar-refractivity contribution < 1.29 is 24.2 Å². The van der Waals surface area contributed by atoms with Gasteiger partial charge < -0.3 is 14.7 Å². The number of Topliss-reactive ketones (excluding diaryl/α,β-unsaturated/α-hetero) is 1. The molecule has 1 aliphatic heterocycles. The summed E-state index contributed by atoms with van der Waals surface area (Å²) in [6.07, 6.45) is 5.70. The van der Waals surface area contributed by atoms with Crippen molar-refractivity contribution in [2.45, 2.75) is 57.1 Å². The Labute approximate surface area is 197 Å². The summed E-state index contributed by atoms with van der Waals surface area (Å²) in [7, 11) is 0. The molecule has 1 saturated heterocycles. The molecule has 4 bridgehead atoms. The van der Waals surface area contributed by atoms with Gasteiger partial charge in [0.05, 0.1) is 21.6 Å². The zero-order valence-electron chi connectivity index (χ0n) is 17.8. The minimum absolute atomic E-state index is 0.00842. The molecule has 4 aliphatic carbocycles. The van der Waals surface area contributed by atoms with Crippen molar-refractivity contribution in [3.8, 4) is 0 Å². The van der Waals surface area contributed by atoms with Gasteiger partial charge in [-0.3, -0.25) is 9.59 Å². The van der Waals surface area contributed by atoms with Crippen molar-refractivity contribution in [1.82, 2.24) is 4.90 Å². The van der Waals surface area contributed by atoms with Crippen molar-refractivity contribution in [2.75, 3.05) is 13.2 Å². The smallest absolute Gasteiger partial charge is 0.329 e. The van der Waals surface area contributed by atoms with E-state index in [-0.39, 0.29) is 23.9 Å². The SMILES string of the molecule is O=C(COC(=O)[C@@H]1CC(O)CN1C(=O)C12CC3CC(CC(C3)C1)C2)c1ccc(Cl)c(Cl)c1. The third-order valence-electron chi connectivity index (χ3n) is 7.89. The molecule has 0 radical (unpaired) electrons. The van der Waals surface area contributed by atoms with E-state index in [0.717, 1.165) is 19.3 Å². The second-order valence-electron chi connectivity index (χ2n) is 10.2. The first-order chi connectivity index (χ1) is 15.2. The number of carbonyl (C=O) groups excluding carboxylic acids is 3. The van der Waals surface area contributed by atoms with Crippen LogP contribution < -0.4 is 0 Å². The third kappa shape index (κ3) is 3.95. The van der Waals surface area contributed by atoms with E-state index in [1.165, 1.54) is 42.4 Å². The Morgan fingerprint density at radius 3 is 2.22 bits per heavy atom. The van der Waals surface area contributed by atoms with Gasteiger partial charge in [0.2, 0.25) is 5.91 Å². The molecule has 1 N–H and O–H groups in total. The molecular weight excluding hydrogens is 453 g/mol. The van der Waals surface area contributed by atoms with E-state index in [4.69, 9.17) is 27.9 Å². The summed E-state index contributed by atoms with van der Waals surface area (Å²) in [6.45, 7) is -0.316. The van der Waals surface area contributed by atoms with Gasteiger partial charge in [-0.15, -0.1) is 0 Å². The maximum absolute atomic E-state index is 13.7. The van der Waals surface area contributed by atoms with Gasteiger partial charge in [-0.1, -0.05) is 23.2 Å². The highest BCUT2D eigenvalue weighted by Crippen LogP contribution is 2.60. The first-order valence-electron chi connectivity index (χ1n) is 11.4. The Hall–Kier alpha value is -1.63. The van der Waals surface area contributed by atoms with Crippen LogP contribution in [0.15, 0.2) is 18.2 Å². The van der Waals surface area contributed by atoms with Gasteiger partial charge in [-0.25, -0.2) is 4.79 Å². The number of likely N-dealkylation sites (tertiary alicyclic amines) is 1. The van der Waals surface area contributed by atoms with E-state index in [9.17, 15) is 19.5 Å². The molecule has 8 heteroatoms. The van der Waals surface area contributed by atoms with E-state index >= 15 is 0 Å². The van der Waals surface area contributed by atoms with E-state index in [1.807, 2.05) is 0 Å². The summed E-state index contributed by atoms with van der Waals surface area (Å²) in [5.41, 5.74) is -0.104. The molecule has 6 rings (SSSR count). The maximum atomic E-state index is 13.7. The molecule has 1 heterocycles. The zero-order valence-corrected chi connectivity index (χ0v) is 19.3. The largest absolute Gasteiger partial charge is 0.456 e. The molecule has 0 aromatic heterocycles. The van der Waals surface area contributed by atoms with Crippen molar-refractivity contribution >= 4 is 40.9 Å². The van der Waals surface area contributed by atoms with Gasteiger partial charge in [-0.2, -0.15) is 0 Å². The van der Waals surface area contributed by atoms with Crippen molar-refractivity contribution in [2.24, 2.45) is 23.2 Å². The van der Waals surface area contributed by atoms with Gasteiger partial charge in [0.25, 0.3) is 0 Å². The molecule has 2 atom stereocenters. The quantitative estimate of drug-likeness (QED) is 0.511. The average Bonchev–Trinajstić information content (AvgIpc) is 3.13. The summed E-state index contributed by atoms with van der Waals surface area (Å²) in [5.74, 6) is 0.749. The fraction of sp³-hybridized carbons (Fsp3) is 0.625. The lowest BCUT2D eigenvalue weighted by atomic mass is 9.49. The first-order valence-corrected chi connectivity index (χ1v) is 12.1. The number of nitrogens with zero attached hydrogens (tertiary/aromatic N) is 1. The summed E-state index contributed by atoms with van der Waals surface area (Å²) in [6, 6.07) is 3.61. The zero-order chi connectivity index (χ0) is 22.6. The predicted octanol–water partition coefficient (Wildman–Crippen LogP) is 3.90. The molecule has 0 spiro atoms. The summed E-state index contributed by atoms with van der Waals surface area (Å²) >= 11 is 11.8. The number of ketones is 1. The van der Waals surface area contributed by atoms with Crippen LogP contribution in [0.3, 0.4) is 0 Å². The van der Waals surface area contributed by atoms with Gasteiger partial charge in [-0.05, 0) is 74.5 Å². The monoisotopic (exact) mass is 479 g/mol. The molecular formula is C24H27Cl2NO5. The highest BCUT2D eigenvalue weighted by Gasteiger charge is 2.57. The topological polar surface area (TPSA) is 83.9 Å². The molecule has 1 aromatic carbocycles. The highest BCUT2D eigenvalue weighted by atomic mass is 35.5. The number of rotatable bonds is 5. The number of carbonyl (C=O) groups is 3. The van der Waals surface area contributed by atoms with E-state index in [1.54, 1.807) is 0 Å². The van der Waals surface area contributed by atoms with Gasteiger partial charge >= 0.3 is 5.97 Å². The Morgan fingerprint density at radius 2 is 1.62 bits per heavy atom. The van der Waals surface area contributed by atoms with E-state index in [2.05, 4.69) is 0 Å². The Kier molecular flexibility index (Phi) is 5.75. The van der Waals surface area contributed by atoms with Crippen LogP contribution in [0, 0.1) is 23.2 Å². The maximum Gasteiger partial charge on any atom is 0.329 e. The molecule has 32 heavy (non-hydrogen) atoms. The number of amides is 1. The van der Waals surface area contributed by atoms with E-state index in [0.29, 0.717) is 28.3 Å². The lowest BCUT2D eigenvalue weighted by Gasteiger charge is -2.56. The molecule has 1 unspecified atom stereocenters. The van der Waals surface area contributed by atoms with Crippen molar-refractivity contribution in [1.29, 1.82) is 0 Å². The van der Waals surface area contributed by atoms with E-state index < -0.39 is 35.9 Å². The number of benzene rings is 1.